The van der Waals surface area contributed by atoms with Crippen LogP contribution in [0.4, 0.5) is 0 Å². The van der Waals surface area contributed by atoms with Gasteiger partial charge in [0, 0.05) is 24.4 Å². The summed E-state index contributed by atoms with van der Waals surface area (Å²) in [5.74, 6) is 2.19. The maximum Gasteiger partial charge on any atom is 0.270 e. The summed E-state index contributed by atoms with van der Waals surface area (Å²) in [7, 11) is 1.51. The molecule has 3 atom stereocenters. The Balaban J connectivity index is 1.17. The van der Waals surface area contributed by atoms with Gasteiger partial charge in [0.1, 0.15) is 5.52 Å². The number of pyridine rings is 2. The summed E-state index contributed by atoms with van der Waals surface area (Å²) in [6.45, 7) is 1.91. The highest BCUT2D eigenvalue weighted by atomic mass is 32.2. The molecule has 1 fully saturated rings. The molecule has 1 saturated heterocycles. The zero-order valence-electron chi connectivity index (χ0n) is 18.8. The van der Waals surface area contributed by atoms with Crippen LogP contribution in [0.15, 0.2) is 40.3 Å². The van der Waals surface area contributed by atoms with E-state index in [-0.39, 0.29) is 24.2 Å². The molecule has 2 aliphatic heterocycles. The molecule has 2 aliphatic rings. The first-order valence-corrected chi connectivity index (χ1v) is 12.3. The maximum atomic E-state index is 12.5. The number of aliphatic hydroxyl groups excluding tert-OH is 1. The number of nitrogens with one attached hydrogen (secondary N) is 1. The summed E-state index contributed by atoms with van der Waals surface area (Å²) < 4.78 is 18.2. The highest BCUT2D eigenvalue weighted by Crippen LogP contribution is 2.32. The van der Waals surface area contributed by atoms with Crippen LogP contribution in [0.25, 0.3) is 11.2 Å². The number of rotatable bonds is 7. The molecule has 3 aromatic rings. The fourth-order valence-corrected chi connectivity index (χ4v) is 5.05. The Bertz CT molecular complexity index is 1210. The molecule has 0 radical (unpaired) electrons. The van der Waals surface area contributed by atoms with Crippen molar-refractivity contribution in [2.75, 3.05) is 26.1 Å². The van der Waals surface area contributed by atoms with E-state index < -0.39 is 6.10 Å². The predicted octanol–water partition coefficient (Wildman–Crippen LogP) is 1.38. The number of methoxy groups -OCH3 is 1. The summed E-state index contributed by atoms with van der Waals surface area (Å²) in [6, 6.07) is 5.66. The number of hydrogen-bond acceptors (Lipinski definition) is 10. The topological polar surface area (TPSA) is 121 Å². The molecule has 0 unspecified atom stereocenters. The molecule has 34 heavy (non-hydrogen) atoms. The van der Waals surface area contributed by atoms with Crippen LogP contribution in [0.2, 0.25) is 0 Å². The molecule has 0 bridgehead atoms. The summed E-state index contributed by atoms with van der Waals surface area (Å²) in [6.07, 6.45) is 3.34. The summed E-state index contributed by atoms with van der Waals surface area (Å²) in [5, 5.41) is 14.3. The van der Waals surface area contributed by atoms with Crippen LogP contribution in [0.1, 0.15) is 18.5 Å². The monoisotopic (exact) mass is 485 g/mol. The molecule has 0 spiro atoms. The summed E-state index contributed by atoms with van der Waals surface area (Å²) in [4.78, 5) is 26.5. The van der Waals surface area contributed by atoms with Crippen molar-refractivity contribution in [3.05, 3.63) is 46.6 Å². The van der Waals surface area contributed by atoms with Gasteiger partial charge in [0.05, 0.1) is 62.1 Å². The lowest BCUT2D eigenvalue weighted by molar-refractivity contribution is -0.0771. The Morgan fingerprint density at radius 3 is 3.06 bits per heavy atom. The van der Waals surface area contributed by atoms with Crippen molar-refractivity contribution in [3.8, 4) is 11.6 Å². The second kappa shape index (κ2) is 10.3. The van der Waals surface area contributed by atoms with E-state index in [4.69, 9.17) is 14.2 Å². The van der Waals surface area contributed by atoms with Gasteiger partial charge >= 0.3 is 0 Å². The van der Waals surface area contributed by atoms with Gasteiger partial charge < -0.3 is 24.6 Å². The van der Waals surface area contributed by atoms with Crippen LogP contribution in [-0.4, -0.2) is 69.0 Å². The van der Waals surface area contributed by atoms with E-state index in [0.29, 0.717) is 36.6 Å². The Morgan fingerprint density at radius 2 is 2.24 bits per heavy atom. The third-order valence-corrected chi connectivity index (χ3v) is 7.04. The third kappa shape index (κ3) is 5.02. The van der Waals surface area contributed by atoms with Crippen LogP contribution in [0, 0.1) is 0 Å². The third-order valence-electron chi connectivity index (χ3n) is 6.04. The Labute approximate surface area is 200 Å². The molecular formula is C23H27N5O5S. The summed E-state index contributed by atoms with van der Waals surface area (Å²) >= 11 is 1.79. The molecule has 0 saturated carbocycles. The second-order valence-electron chi connectivity index (χ2n) is 8.32. The molecule has 10 nitrogen and oxygen atoms in total. The minimum Gasteiger partial charge on any atom is -0.490 e. The molecule has 180 valence electrons. The smallest absolute Gasteiger partial charge is 0.270 e. The van der Waals surface area contributed by atoms with Gasteiger partial charge in [0.15, 0.2) is 11.4 Å². The minimum absolute atomic E-state index is 0.0690. The number of hydrogen-bond donors (Lipinski definition) is 2. The predicted molar refractivity (Wildman–Crippen MR) is 126 cm³/mol. The van der Waals surface area contributed by atoms with Gasteiger partial charge in [0.2, 0.25) is 5.88 Å². The lowest BCUT2D eigenvalue weighted by Crippen LogP contribution is -2.45. The Morgan fingerprint density at radius 1 is 1.32 bits per heavy atom. The average molecular weight is 486 g/mol. The van der Waals surface area contributed by atoms with E-state index in [0.717, 1.165) is 35.1 Å². The van der Waals surface area contributed by atoms with Crippen molar-refractivity contribution in [2.24, 2.45) is 0 Å². The van der Waals surface area contributed by atoms with Gasteiger partial charge in [-0.05, 0) is 25.0 Å². The molecular weight excluding hydrogens is 458 g/mol. The van der Waals surface area contributed by atoms with E-state index >= 15 is 0 Å². The number of thioether (sulfide) groups is 1. The van der Waals surface area contributed by atoms with Gasteiger partial charge in [-0.2, -0.15) is 4.98 Å². The van der Waals surface area contributed by atoms with E-state index in [9.17, 15) is 9.90 Å². The van der Waals surface area contributed by atoms with Crippen molar-refractivity contribution in [1.82, 2.24) is 24.8 Å². The normalized spacial score (nSPS) is 21.0. The minimum atomic E-state index is -0.850. The van der Waals surface area contributed by atoms with Crippen LogP contribution in [-0.2, 0) is 17.8 Å². The van der Waals surface area contributed by atoms with Crippen molar-refractivity contribution < 1.29 is 19.3 Å². The van der Waals surface area contributed by atoms with E-state index in [2.05, 4.69) is 26.3 Å². The molecule has 11 heteroatoms. The van der Waals surface area contributed by atoms with Crippen molar-refractivity contribution >= 4 is 22.9 Å². The number of ether oxygens (including phenoxy) is 3. The van der Waals surface area contributed by atoms with Crippen LogP contribution >= 0.6 is 11.8 Å². The first-order chi connectivity index (χ1) is 16.6. The van der Waals surface area contributed by atoms with Gasteiger partial charge in [-0.25, -0.2) is 4.98 Å². The quantitative estimate of drug-likeness (QED) is 0.508. The number of aliphatic hydroxyl groups is 1. The van der Waals surface area contributed by atoms with Crippen molar-refractivity contribution in [3.63, 3.8) is 0 Å². The van der Waals surface area contributed by atoms with Gasteiger partial charge in [-0.1, -0.05) is 0 Å². The first-order valence-electron chi connectivity index (χ1n) is 11.3. The van der Waals surface area contributed by atoms with E-state index in [1.54, 1.807) is 30.1 Å². The molecule has 5 heterocycles. The van der Waals surface area contributed by atoms with Gasteiger partial charge in [-0.15, -0.1) is 11.8 Å². The van der Waals surface area contributed by atoms with E-state index in [1.807, 2.05) is 0 Å². The highest BCUT2D eigenvalue weighted by Gasteiger charge is 2.28. The molecule has 0 amide bonds. The number of aromatic nitrogens is 4. The molecule has 3 aromatic heterocycles. The van der Waals surface area contributed by atoms with E-state index in [1.165, 1.54) is 17.9 Å². The zero-order chi connectivity index (χ0) is 23.5. The molecule has 5 rings (SSSR count). The lowest BCUT2D eigenvalue weighted by Gasteiger charge is -2.32. The lowest BCUT2D eigenvalue weighted by atomic mass is 10.0. The first kappa shape index (κ1) is 23.0. The molecule has 2 N–H and O–H groups in total. The van der Waals surface area contributed by atoms with Crippen molar-refractivity contribution in [1.29, 1.82) is 0 Å². The Kier molecular flexibility index (Phi) is 6.95. The van der Waals surface area contributed by atoms with Crippen LogP contribution < -0.4 is 20.3 Å². The average Bonchev–Trinajstić information content (AvgIpc) is 2.89. The highest BCUT2D eigenvalue weighted by molar-refractivity contribution is 7.99. The standard InChI is InChI=1S/C23H27N5O5S/c1-31-21-5-3-16-23(27-21)28(22(30)11-26-16)12-17(29)18-4-2-14(13-33-18)24-9-15-8-20-19(10-25-15)32-6-7-34-20/h3,5,8,10-11,14,17-18,24,29H,2,4,6-7,9,12-13H2,1H3/t14-,17+,18+/m1/s1. The van der Waals surface area contributed by atoms with Crippen molar-refractivity contribution in [2.45, 2.75) is 49.1 Å². The fraction of sp³-hybridized carbons (Fsp3) is 0.478. The fourth-order valence-electron chi connectivity index (χ4n) is 4.19. The maximum absolute atomic E-state index is 12.5. The van der Waals surface area contributed by atoms with Crippen LogP contribution in [0.5, 0.6) is 11.6 Å². The summed E-state index contributed by atoms with van der Waals surface area (Å²) in [5.41, 5.74) is 1.57. The zero-order valence-corrected chi connectivity index (χ0v) is 19.7. The largest absolute Gasteiger partial charge is 0.490 e. The number of fused-ring (bicyclic) bond motifs is 2. The Hall–Kier alpha value is -2.73. The SMILES string of the molecule is COc1ccc2ncc(=O)n(C[C@H](O)[C@@H]3CC[C@@H](NCc4cc5c(cn4)OCCS5)CO3)c2n1. The number of nitrogens with zero attached hydrogens (tertiary/aromatic N) is 4. The molecule has 0 aliphatic carbocycles. The van der Waals surface area contributed by atoms with Gasteiger partial charge in [0.25, 0.3) is 5.56 Å². The second-order valence-corrected chi connectivity index (χ2v) is 9.45. The van der Waals surface area contributed by atoms with Crippen LogP contribution in [0.3, 0.4) is 0 Å². The molecule has 0 aromatic carbocycles. The van der Waals surface area contributed by atoms with Gasteiger partial charge in [-0.3, -0.25) is 14.3 Å².